The molecule has 2 heterocycles. The quantitative estimate of drug-likeness (QED) is 0.848. The van der Waals surface area contributed by atoms with Crippen molar-refractivity contribution in [3.8, 4) is 0 Å². The number of nitrogens with zero attached hydrogens (tertiary/aromatic N) is 2. The van der Waals surface area contributed by atoms with Crippen molar-refractivity contribution in [2.24, 2.45) is 0 Å². The smallest absolute Gasteiger partial charge is 0.270 e. The van der Waals surface area contributed by atoms with Gasteiger partial charge in [0.05, 0.1) is 0 Å². The van der Waals surface area contributed by atoms with Crippen molar-refractivity contribution in [2.75, 3.05) is 12.3 Å². The second-order valence-corrected chi connectivity index (χ2v) is 4.33. The first-order chi connectivity index (χ1) is 8.25. The summed E-state index contributed by atoms with van der Waals surface area (Å²) in [4.78, 5) is 19.5. The maximum absolute atomic E-state index is 11.6. The number of pyridine rings is 1. The summed E-state index contributed by atoms with van der Waals surface area (Å²) in [6.07, 6.45) is 4.26. The van der Waals surface area contributed by atoms with Crippen molar-refractivity contribution in [1.82, 2.24) is 15.3 Å². The Labute approximate surface area is 103 Å². The molecule has 0 saturated heterocycles. The summed E-state index contributed by atoms with van der Waals surface area (Å²) in [6.45, 7) is 0.557. The third kappa shape index (κ3) is 3.25. The van der Waals surface area contributed by atoms with Crippen LogP contribution in [0.3, 0.4) is 0 Å². The van der Waals surface area contributed by atoms with Crippen LogP contribution >= 0.6 is 11.3 Å². The maximum atomic E-state index is 11.6. The molecule has 0 aliphatic heterocycles. The van der Waals surface area contributed by atoms with Gasteiger partial charge in [-0.15, -0.1) is 11.3 Å². The number of nitrogen functional groups attached to an aromatic ring is 1. The summed E-state index contributed by atoms with van der Waals surface area (Å²) in [7, 11) is 0. The number of nitrogens with two attached hydrogens (primary N) is 1. The zero-order valence-electron chi connectivity index (χ0n) is 9.09. The van der Waals surface area contributed by atoms with Crippen LogP contribution in [0.1, 0.15) is 16.1 Å². The van der Waals surface area contributed by atoms with E-state index in [9.17, 15) is 4.79 Å². The summed E-state index contributed by atoms with van der Waals surface area (Å²) < 4.78 is 0. The van der Waals surface area contributed by atoms with E-state index in [1.54, 1.807) is 17.8 Å². The predicted molar refractivity (Wildman–Crippen MR) is 66.8 cm³/mol. The highest BCUT2D eigenvalue weighted by Crippen LogP contribution is 2.10. The molecule has 0 spiro atoms. The van der Waals surface area contributed by atoms with Crippen molar-refractivity contribution >= 4 is 22.4 Å². The van der Waals surface area contributed by atoms with E-state index in [0.29, 0.717) is 17.4 Å². The molecule has 0 radical (unpaired) electrons. The molecule has 3 N–H and O–H groups in total. The molecule has 0 aliphatic rings. The number of hydrogen-bond donors (Lipinski definition) is 2. The monoisotopic (exact) mass is 248 g/mol. The van der Waals surface area contributed by atoms with E-state index in [4.69, 9.17) is 5.73 Å². The molecule has 17 heavy (non-hydrogen) atoms. The second kappa shape index (κ2) is 5.40. The minimum Gasteiger partial charge on any atom is -0.375 e. The normalized spacial score (nSPS) is 10.1. The van der Waals surface area contributed by atoms with Gasteiger partial charge in [-0.2, -0.15) is 0 Å². The highest BCUT2D eigenvalue weighted by atomic mass is 32.1. The molecule has 0 aromatic carbocycles. The molecule has 0 atom stereocenters. The molecular weight excluding hydrogens is 236 g/mol. The van der Waals surface area contributed by atoms with Crippen LogP contribution in [0.25, 0.3) is 0 Å². The lowest BCUT2D eigenvalue weighted by Crippen LogP contribution is -2.26. The molecule has 2 rings (SSSR count). The molecule has 0 fully saturated rings. The lowest BCUT2D eigenvalue weighted by atomic mass is 10.2. The molecule has 0 unspecified atom stereocenters. The Morgan fingerprint density at radius 3 is 3.06 bits per heavy atom. The Morgan fingerprint density at radius 1 is 1.53 bits per heavy atom. The van der Waals surface area contributed by atoms with E-state index >= 15 is 0 Å². The summed E-state index contributed by atoms with van der Waals surface area (Å²) in [5.74, 6) is -0.193. The molecule has 88 valence electrons. The van der Waals surface area contributed by atoms with Gasteiger partial charge in [0, 0.05) is 24.3 Å². The fraction of sp³-hybridized carbons (Fsp3) is 0.182. The number of rotatable bonds is 4. The molecule has 1 amide bonds. The minimum atomic E-state index is -0.193. The van der Waals surface area contributed by atoms with Gasteiger partial charge in [-0.1, -0.05) is 6.07 Å². The summed E-state index contributed by atoms with van der Waals surface area (Å²) in [5.41, 5.74) is 6.92. The van der Waals surface area contributed by atoms with Gasteiger partial charge in [0.2, 0.25) is 0 Å². The van der Waals surface area contributed by atoms with Gasteiger partial charge in [-0.05, 0) is 18.1 Å². The molecule has 6 heteroatoms. The van der Waals surface area contributed by atoms with Gasteiger partial charge in [0.1, 0.15) is 5.69 Å². The Bertz CT molecular complexity index is 497. The molecule has 0 aliphatic carbocycles. The predicted octanol–water partition coefficient (Wildman–Crippen LogP) is 1.09. The Balaban J connectivity index is 1.81. The van der Waals surface area contributed by atoms with Crippen molar-refractivity contribution in [1.29, 1.82) is 0 Å². The van der Waals surface area contributed by atoms with E-state index in [1.165, 1.54) is 11.3 Å². The lowest BCUT2D eigenvalue weighted by Gasteiger charge is -2.02. The molecule has 2 aromatic rings. The molecular formula is C11H12N4OS. The number of anilines is 1. The first-order valence-electron chi connectivity index (χ1n) is 5.14. The number of hydrogen-bond acceptors (Lipinski definition) is 5. The van der Waals surface area contributed by atoms with Crippen molar-refractivity contribution in [2.45, 2.75) is 6.42 Å². The number of aromatic nitrogens is 2. The Hall–Kier alpha value is -1.95. The van der Waals surface area contributed by atoms with Crippen LogP contribution in [-0.4, -0.2) is 22.4 Å². The zero-order chi connectivity index (χ0) is 12.1. The fourth-order valence-electron chi connectivity index (χ4n) is 1.35. The van der Waals surface area contributed by atoms with Crippen LogP contribution in [0, 0.1) is 0 Å². The number of nitrogens with one attached hydrogen (secondary N) is 1. The van der Waals surface area contributed by atoms with Gasteiger partial charge in [-0.3, -0.25) is 9.78 Å². The number of carbonyl (C=O) groups is 1. The standard InChI is InChI=1S/C11H12N4OS/c12-11-15-9(7-17-11)10(16)14-5-3-8-2-1-4-13-6-8/h1-2,4,6-7H,3,5H2,(H2,12,15)(H,14,16). The summed E-state index contributed by atoms with van der Waals surface area (Å²) in [6, 6.07) is 3.85. The van der Waals surface area contributed by atoms with Crippen LogP contribution in [0.2, 0.25) is 0 Å². The van der Waals surface area contributed by atoms with Gasteiger partial charge < -0.3 is 11.1 Å². The number of thiazole rings is 1. The third-order valence-corrected chi connectivity index (χ3v) is 2.85. The molecule has 2 aromatic heterocycles. The average Bonchev–Trinajstić information content (AvgIpc) is 2.77. The van der Waals surface area contributed by atoms with Crippen LogP contribution in [-0.2, 0) is 6.42 Å². The van der Waals surface area contributed by atoms with E-state index < -0.39 is 0 Å². The second-order valence-electron chi connectivity index (χ2n) is 3.44. The fourth-order valence-corrected chi connectivity index (χ4v) is 1.89. The van der Waals surface area contributed by atoms with Gasteiger partial charge in [0.25, 0.3) is 5.91 Å². The molecule has 5 nitrogen and oxygen atoms in total. The number of carbonyl (C=O) groups excluding carboxylic acids is 1. The summed E-state index contributed by atoms with van der Waals surface area (Å²) >= 11 is 1.26. The maximum Gasteiger partial charge on any atom is 0.270 e. The Morgan fingerprint density at radius 2 is 2.41 bits per heavy atom. The summed E-state index contributed by atoms with van der Waals surface area (Å²) in [5, 5.41) is 4.84. The van der Waals surface area contributed by atoms with Crippen LogP contribution in [0.5, 0.6) is 0 Å². The zero-order valence-corrected chi connectivity index (χ0v) is 9.91. The lowest BCUT2D eigenvalue weighted by molar-refractivity contribution is 0.0950. The first-order valence-corrected chi connectivity index (χ1v) is 6.02. The van der Waals surface area contributed by atoms with Gasteiger partial charge in [0.15, 0.2) is 5.13 Å². The highest BCUT2D eigenvalue weighted by Gasteiger charge is 2.08. The third-order valence-electron chi connectivity index (χ3n) is 2.18. The van der Waals surface area contributed by atoms with Gasteiger partial charge in [-0.25, -0.2) is 4.98 Å². The van der Waals surface area contributed by atoms with Crippen LogP contribution in [0.15, 0.2) is 29.9 Å². The largest absolute Gasteiger partial charge is 0.375 e. The average molecular weight is 248 g/mol. The topological polar surface area (TPSA) is 80.9 Å². The molecule has 0 bridgehead atoms. The van der Waals surface area contributed by atoms with Crippen molar-refractivity contribution in [3.05, 3.63) is 41.2 Å². The van der Waals surface area contributed by atoms with Crippen LogP contribution < -0.4 is 11.1 Å². The molecule has 0 saturated carbocycles. The SMILES string of the molecule is Nc1nc(C(=O)NCCc2cccnc2)cs1. The first kappa shape index (κ1) is 11.5. The highest BCUT2D eigenvalue weighted by molar-refractivity contribution is 7.13. The Kier molecular flexibility index (Phi) is 3.66. The minimum absolute atomic E-state index is 0.193. The van der Waals surface area contributed by atoms with Crippen molar-refractivity contribution < 1.29 is 4.79 Å². The van der Waals surface area contributed by atoms with Crippen LogP contribution in [0.4, 0.5) is 5.13 Å². The number of amides is 1. The van der Waals surface area contributed by atoms with Gasteiger partial charge >= 0.3 is 0 Å². The van der Waals surface area contributed by atoms with E-state index in [-0.39, 0.29) is 5.91 Å². The van der Waals surface area contributed by atoms with E-state index in [0.717, 1.165) is 12.0 Å². The van der Waals surface area contributed by atoms with Crippen molar-refractivity contribution in [3.63, 3.8) is 0 Å². The van der Waals surface area contributed by atoms with E-state index in [1.807, 2.05) is 12.1 Å². The van der Waals surface area contributed by atoms with E-state index in [2.05, 4.69) is 15.3 Å².